The fraction of sp³-hybridized carbons (Fsp3) is 0.207. The molecule has 0 bridgehead atoms. The van der Waals surface area contributed by atoms with Crippen LogP contribution in [-0.4, -0.2) is 36.8 Å². The second kappa shape index (κ2) is 12.3. The topological polar surface area (TPSA) is 109 Å². The second-order valence-electron chi connectivity index (χ2n) is 8.75. The minimum Gasteiger partial charge on any atom is -0.497 e. The number of hydrogen-bond donors (Lipinski definition) is 1. The van der Waals surface area contributed by atoms with Gasteiger partial charge in [-0.15, -0.1) is 0 Å². The van der Waals surface area contributed by atoms with Gasteiger partial charge in [-0.25, -0.2) is 18.6 Å². The molecule has 0 fully saturated rings. The summed E-state index contributed by atoms with van der Waals surface area (Å²) < 4.78 is 44.0. The Morgan fingerprint density at radius 3 is 1.95 bits per heavy atom. The SMILES string of the molecule is COC(=O)c1c(N(Cc2ccc(OC)cc2)Cc2ccc(OC)cc2)ncn(-c2c(N)cccc2C(F)F)c1=O. The van der Waals surface area contributed by atoms with E-state index >= 15 is 0 Å². The van der Waals surface area contributed by atoms with E-state index in [0.29, 0.717) is 11.5 Å². The Kier molecular flexibility index (Phi) is 8.63. The van der Waals surface area contributed by atoms with E-state index in [4.69, 9.17) is 19.9 Å². The third-order valence-electron chi connectivity index (χ3n) is 6.28. The Bertz CT molecular complexity index is 1490. The maximum Gasteiger partial charge on any atom is 0.347 e. The van der Waals surface area contributed by atoms with Gasteiger partial charge in [-0.3, -0.25) is 9.36 Å². The van der Waals surface area contributed by atoms with Crippen LogP contribution in [0.3, 0.4) is 0 Å². The van der Waals surface area contributed by atoms with Gasteiger partial charge in [0.2, 0.25) is 0 Å². The average Bonchev–Trinajstić information content (AvgIpc) is 2.97. The number of nitrogens with zero attached hydrogens (tertiary/aromatic N) is 3. The zero-order valence-corrected chi connectivity index (χ0v) is 22.1. The van der Waals surface area contributed by atoms with Crippen LogP contribution in [0.2, 0.25) is 0 Å². The van der Waals surface area contributed by atoms with Gasteiger partial charge >= 0.3 is 5.97 Å². The van der Waals surface area contributed by atoms with Gasteiger partial charge in [0.1, 0.15) is 17.8 Å². The highest BCUT2D eigenvalue weighted by molar-refractivity contribution is 5.94. The number of nitrogen functional groups attached to an aromatic ring is 1. The molecule has 0 saturated heterocycles. The van der Waals surface area contributed by atoms with Crippen LogP contribution in [0.25, 0.3) is 5.69 Å². The number of anilines is 2. The zero-order valence-electron chi connectivity index (χ0n) is 22.1. The van der Waals surface area contributed by atoms with Crippen LogP contribution in [-0.2, 0) is 17.8 Å². The summed E-state index contributed by atoms with van der Waals surface area (Å²) in [6, 6.07) is 18.4. The minimum absolute atomic E-state index is 0.0211. The molecule has 0 amide bonds. The first-order valence-electron chi connectivity index (χ1n) is 12.1. The van der Waals surface area contributed by atoms with Gasteiger partial charge in [-0.05, 0) is 41.5 Å². The summed E-state index contributed by atoms with van der Waals surface area (Å²) in [7, 11) is 4.25. The quantitative estimate of drug-likeness (QED) is 0.222. The van der Waals surface area contributed by atoms with E-state index in [0.717, 1.165) is 35.2 Å². The van der Waals surface area contributed by atoms with E-state index in [1.165, 1.54) is 12.1 Å². The third kappa shape index (κ3) is 5.88. The molecule has 0 atom stereocenters. The molecule has 1 aromatic heterocycles. The van der Waals surface area contributed by atoms with Crippen LogP contribution in [0, 0.1) is 0 Å². The molecule has 1 heterocycles. The molecule has 40 heavy (non-hydrogen) atoms. The Morgan fingerprint density at radius 1 is 0.925 bits per heavy atom. The molecule has 4 aromatic rings. The number of para-hydroxylation sites is 1. The lowest BCUT2D eigenvalue weighted by Crippen LogP contribution is -2.34. The molecule has 208 valence electrons. The molecule has 0 unspecified atom stereocenters. The van der Waals surface area contributed by atoms with Gasteiger partial charge in [-0.1, -0.05) is 36.4 Å². The summed E-state index contributed by atoms with van der Waals surface area (Å²) in [6.07, 6.45) is -1.83. The van der Waals surface area contributed by atoms with Gasteiger partial charge in [0.15, 0.2) is 11.4 Å². The molecule has 9 nitrogen and oxygen atoms in total. The number of ether oxygens (including phenoxy) is 3. The van der Waals surface area contributed by atoms with Crippen molar-refractivity contribution in [2.24, 2.45) is 0 Å². The summed E-state index contributed by atoms with van der Waals surface area (Å²) in [4.78, 5) is 32.9. The van der Waals surface area contributed by atoms with Crippen molar-refractivity contribution in [1.29, 1.82) is 0 Å². The number of hydrogen-bond acceptors (Lipinski definition) is 8. The molecule has 0 aliphatic carbocycles. The zero-order chi connectivity index (χ0) is 28.8. The standard InChI is InChI=1S/C29H28F2N4O5/c1-38-20-11-7-18(8-12-20)15-34(16-19-9-13-21(39-2)14-10-19)27-24(29(37)40-3)28(36)35(17-33-27)25-22(26(30)31)5-4-6-23(25)32/h4-14,17,26H,15-16,32H2,1-3H3. The van der Waals surface area contributed by atoms with Crippen molar-refractivity contribution in [2.45, 2.75) is 19.5 Å². The first-order valence-corrected chi connectivity index (χ1v) is 12.1. The number of esters is 1. The Labute approximate surface area is 229 Å². The van der Waals surface area contributed by atoms with Crippen LogP contribution in [0.15, 0.2) is 77.9 Å². The molecule has 4 rings (SSSR count). The smallest absolute Gasteiger partial charge is 0.347 e. The summed E-state index contributed by atoms with van der Waals surface area (Å²) >= 11 is 0. The predicted octanol–water partition coefficient (Wildman–Crippen LogP) is 4.76. The molecule has 0 saturated carbocycles. The molecule has 0 spiro atoms. The normalized spacial score (nSPS) is 10.8. The molecular formula is C29H28F2N4O5. The van der Waals surface area contributed by atoms with Gasteiger partial charge in [-0.2, -0.15) is 0 Å². The van der Waals surface area contributed by atoms with Crippen LogP contribution < -0.4 is 25.7 Å². The Balaban J connectivity index is 1.88. The lowest BCUT2D eigenvalue weighted by Gasteiger charge is -2.26. The van der Waals surface area contributed by atoms with E-state index in [2.05, 4.69) is 4.98 Å². The number of halogens is 2. The van der Waals surface area contributed by atoms with E-state index < -0.39 is 29.1 Å². The van der Waals surface area contributed by atoms with Crippen molar-refractivity contribution in [3.05, 3.63) is 106 Å². The number of aromatic nitrogens is 2. The second-order valence-corrected chi connectivity index (χ2v) is 8.75. The fourth-order valence-corrected chi connectivity index (χ4v) is 4.27. The number of methoxy groups -OCH3 is 3. The number of nitrogens with two attached hydrogens (primary N) is 1. The maximum absolute atomic E-state index is 13.8. The lowest BCUT2D eigenvalue weighted by atomic mass is 10.1. The molecule has 0 aliphatic heterocycles. The van der Waals surface area contributed by atoms with Crippen LogP contribution in [0.1, 0.15) is 33.5 Å². The fourth-order valence-electron chi connectivity index (χ4n) is 4.27. The summed E-state index contributed by atoms with van der Waals surface area (Å²) in [6.45, 7) is 0.485. The van der Waals surface area contributed by atoms with Gasteiger partial charge in [0.05, 0.1) is 32.7 Å². The van der Waals surface area contributed by atoms with E-state index in [1.54, 1.807) is 43.4 Å². The molecular weight excluding hydrogens is 522 g/mol. The number of carbonyl (C=O) groups excluding carboxylic acids is 1. The van der Waals surface area contributed by atoms with Gasteiger partial charge < -0.3 is 24.8 Å². The average molecular weight is 551 g/mol. The highest BCUT2D eigenvalue weighted by atomic mass is 19.3. The highest BCUT2D eigenvalue weighted by Gasteiger charge is 2.27. The highest BCUT2D eigenvalue weighted by Crippen LogP contribution is 2.30. The van der Waals surface area contributed by atoms with Crippen molar-refractivity contribution in [1.82, 2.24) is 9.55 Å². The largest absolute Gasteiger partial charge is 0.497 e. The third-order valence-corrected chi connectivity index (χ3v) is 6.28. The van der Waals surface area contributed by atoms with Gasteiger partial charge in [0.25, 0.3) is 12.0 Å². The van der Waals surface area contributed by atoms with E-state index in [9.17, 15) is 18.4 Å². The molecule has 0 radical (unpaired) electrons. The molecule has 11 heteroatoms. The molecule has 0 aliphatic rings. The summed E-state index contributed by atoms with van der Waals surface area (Å²) in [5, 5.41) is 0. The summed E-state index contributed by atoms with van der Waals surface area (Å²) in [5.74, 6) is 0.380. The predicted molar refractivity (Wildman–Crippen MR) is 146 cm³/mol. The first kappa shape index (κ1) is 28.1. The number of carbonyl (C=O) groups is 1. The van der Waals surface area contributed by atoms with Crippen LogP contribution >= 0.6 is 0 Å². The Hall–Kier alpha value is -4.93. The lowest BCUT2D eigenvalue weighted by molar-refractivity contribution is 0.0598. The minimum atomic E-state index is -2.92. The van der Waals surface area contributed by atoms with Crippen molar-refractivity contribution in [3.63, 3.8) is 0 Å². The molecule has 2 N–H and O–H groups in total. The van der Waals surface area contributed by atoms with Crippen molar-refractivity contribution < 1.29 is 27.8 Å². The van der Waals surface area contributed by atoms with E-state index in [1.807, 2.05) is 24.3 Å². The van der Waals surface area contributed by atoms with Crippen LogP contribution in [0.4, 0.5) is 20.3 Å². The summed E-state index contributed by atoms with van der Waals surface area (Å²) in [5.41, 5.74) is 5.57. The molecule has 3 aromatic carbocycles. The van der Waals surface area contributed by atoms with Gasteiger partial charge in [0, 0.05) is 18.7 Å². The Morgan fingerprint density at radius 2 is 1.48 bits per heavy atom. The number of alkyl halides is 2. The number of rotatable bonds is 10. The monoisotopic (exact) mass is 550 g/mol. The van der Waals surface area contributed by atoms with E-state index in [-0.39, 0.29) is 30.3 Å². The van der Waals surface area contributed by atoms with Crippen molar-refractivity contribution in [2.75, 3.05) is 32.0 Å². The number of benzene rings is 3. The van der Waals surface area contributed by atoms with Crippen molar-refractivity contribution in [3.8, 4) is 17.2 Å². The maximum atomic E-state index is 13.8. The van der Waals surface area contributed by atoms with Crippen molar-refractivity contribution >= 4 is 17.5 Å². The first-order chi connectivity index (χ1) is 19.3. The van der Waals surface area contributed by atoms with Crippen LogP contribution in [0.5, 0.6) is 11.5 Å².